The summed E-state index contributed by atoms with van der Waals surface area (Å²) in [5.74, 6) is 0. The second kappa shape index (κ2) is 4.34. The molecule has 0 saturated carbocycles. The Hall–Kier alpha value is -1.45. The Labute approximate surface area is 107 Å². The molecule has 1 aromatic heterocycles. The summed E-state index contributed by atoms with van der Waals surface area (Å²) in [6, 6.07) is 8.09. The number of rotatable bonds is 1. The third kappa shape index (κ3) is 1.89. The zero-order chi connectivity index (χ0) is 12.6. The molecule has 0 bridgehead atoms. The SMILES string of the molecule is CN1CCCC(O)(c2cccc3cnccc23)C1. The molecule has 18 heavy (non-hydrogen) atoms. The average molecular weight is 242 g/mol. The number of β-amino-alcohol motifs (C(OH)–C–C–N with tert-alkyl or cyclic N) is 1. The van der Waals surface area contributed by atoms with Crippen LogP contribution in [0.15, 0.2) is 36.7 Å². The minimum Gasteiger partial charge on any atom is -0.384 e. The predicted octanol–water partition coefficient (Wildman–Crippen LogP) is 2.15. The number of hydrogen-bond acceptors (Lipinski definition) is 3. The van der Waals surface area contributed by atoms with Crippen molar-refractivity contribution in [2.24, 2.45) is 0 Å². The fourth-order valence-corrected chi connectivity index (χ4v) is 2.99. The van der Waals surface area contributed by atoms with E-state index in [0.29, 0.717) is 6.54 Å². The van der Waals surface area contributed by atoms with Gasteiger partial charge in [-0.3, -0.25) is 4.98 Å². The van der Waals surface area contributed by atoms with Crippen LogP contribution < -0.4 is 0 Å². The van der Waals surface area contributed by atoms with E-state index in [-0.39, 0.29) is 0 Å². The third-order valence-electron chi connectivity index (χ3n) is 3.84. The standard InChI is InChI=1S/C15H18N2O/c1-17-9-3-7-15(18,11-17)14-5-2-4-12-10-16-8-6-13(12)14/h2,4-6,8,10,18H,3,7,9,11H2,1H3. The number of piperidine rings is 1. The predicted molar refractivity (Wildman–Crippen MR) is 72.4 cm³/mol. The van der Waals surface area contributed by atoms with Gasteiger partial charge in [-0.05, 0) is 43.5 Å². The van der Waals surface area contributed by atoms with Crippen LogP contribution in [0.2, 0.25) is 0 Å². The topological polar surface area (TPSA) is 36.4 Å². The first kappa shape index (κ1) is 11.6. The van der Waals surface area contributed by atoms with Gasteiger partial charge in [0.05, 0.1) is 0 Å². The normalized spacial score (nSPS) is 25.4. The molecule has 1 aliphatic rings. The Morgan fingerprint density at radius 1 is 1.33 bits per heavy atom. The van der Waals surface area contributed by atoms with Crippen LogP contribution in [-0.4, -0.2) is 35.1 Å². The van der Waals surface area contributed by atoms with Crippen molar-refractivity contribution in [1.29, 1.82) is 0 Å². The summed E-state index contributed by atoms with van der Waals surface area (Å²) >= 11 is 0. The van der Waals surface area contributed by atoms with Gasteiger partial charge in [-0.15, -0.1) is 0 Å². The van der Waals surface area contributed by atoms with Crippen LogP contribution >= 0.6 is 0 Å². The molecule has 1 atom stereocenters. The van der Waals surface area contributed by atoms with Crippen molar-refractivity contribution in [2.45, 2.75) is 18.4 Å². The van der Waals surface area contributed by atoms with E-state index in [1.807, 2.05) is 30.5 Å². The third-order valence-corrected chi connectivity index (χ3v) is 3.84. The van der Waals surface area contributed by atoms with E-state index < -0.39 is 5.60 Å². The summed E-state index contributed by atoms with van der Waals surface area (Å²) in [7, 11) is 2.07. The molecule has 2 heterocycles. The van der Waals surface area contributed by atoms with Crippen LogP contribution in [0.4, 0.5) is 0 Å². The first-order chi connectivity index (χ1) is 8.69. The van der Waals surface area contributed by atoms with Gasteiger partial charge >= 0.3 is 0 Å². The molecule has 3 heteroatoms. The van der Waals surface area contributed by atoms with E-state index in [1.54, 1.807) is 6.20 Å². The Bertz CT molecular complexity index is 564. The van der Waals surface area contributed by atoms with E-state index in [0.717, 1.165) is 35.7 Å². The molecule has 2 aromatic rings. The number of fused-ring (bicyclic) bond motifs is 1. The van der Waals surface area contributed by atoms with Crippen molar-refractivity contribution in [2.75, 3.05) is 20.1 Å². The fraction of sp³-hybridized carbons (Fsp3) is 0.400. The van der Waals surface area contributed by atoms with Gasteiger partial charge in [-0.2, -0.15) is 0 Å². The van der Waals surface area contributed by atoms with Gasteiger partial charge in [0.1, 0.15) is 5.60 Å². The van der Waals surface area contributed by atoms with Gasteiger partial charge in [0, 0.05) is 24.3 Å². The smallest absolute Gasteiger partial charge is 0.103 e. The molecule has 1 aromatic carbocycles. The first-order valence-electron chi connectivity index (χ1n) is 6.43. The van der Waals surface area contributed by atoms with E-state index in [9.17, 15) is 5.11 Å². The summed E-state index contributed by atoms with van der Waals surface area (Å²) in [6.07, 6.45) is 5.52. The molecule has 1 unspecified atom stereocenters. The lowest BCUT2D eigenvalue weighted by atomic mass is 9.83. The van der Waals surface area contributed by atoms with Crippen molar-refractivity contribution in [3.05, 3.63) is 42.2 Å². The highest BCUT2D eigenvalue weighted by molar-refractivity contribution is 5.85. The number of benzene rings is 1. The molecule has 0 radical (unpaired) electrons. The minimum absolute atomic E-state index is 0.703. The lowest BCUT2D eigenvalue weighted by Crippen LogP contribution is -2.44. The molecule has 1 saturated heterocycles. The zero-order valence-corrected chi connectivity index (χ0v) is 10.6. The average Bonchev–Trinajstić information content (AvgIpc) is 2.38. The number of hydrogen-bond donors (Lipinski definition) is 1. The second-order valence-corrected chi connectivity index (χ2v) is 5.28. The van der Waals surface area contributed by atoms with Crippen molar-refractivity contribution in [1.82, 2.24) is 9.88 Å². The number of aromatic nitrogens is 1. The fourth-order valence-electron chi connectivity index (χ4n) is 2.99. The van der Waals surface area contributed by atoms with E-state index in [2.05, 4.69) is 16.9 Å². The van der Waals surface area contributed by atoms with Crippen LogP contribution in [0, 0.1) is 0 Å². The molecule has 0 amide bonds. The molecule has 3 nitrogen and oxygen atoms in total. The van der Waals surface area contributed by atoms with Gasteiger partial charge in [0.15, 0.2) is 0 Å². The largest absolute Gasteiger partial charge is 0.384 e. The number of likely N-dealkylation sites (N-methyl/N-ethyl adjacent to an activating group) is 1. The van der Waals surface area contributed by atoms with Crippen LogP contribution in [-0.2, 0) is 5.60 Å². The molecule has 0 spiro atoms. The van der Waals surface area contributed by atoms with Gasteiger partial charge in [0.25, 0.3) is 0 Å². The summed E-state index contributed by atoms with van der Waals surface area (Å²) in [5, 5.41) is 13.2. The minimum atomic E-state index is -0.728. The molecule has 1 N–H and O–H groups in total. The number of likely N-dealkylation sites (tertiary alicyclic amines) is 1. The lowest BCUT2D eigenvalue weighted by Gasteiger charge is -2.38. The van der Waals surface area contributed by atoms with Crippen LogP contribution in [0.5, 0.6) is 0 Å². The first-order valence-corrected chi connectivity index (χ1v) is 6.43. The molecule has 1 fully saturated rings. The van der Waals surface area contributed by atoms with Crippen LogP contribution in [0.1, 0.15) is 18.4 Å². The van der Waals surface area contributed by atoms with Crippen LogP contribution in [0.3, 0.4) is 0 Å². The van der Waals surface area contributed by atoms with Crippen molar-refractivity contribution >= 4 is 10.8 Å². The molecular formula is C15H18N2O. The summed E-state index contributed by atoms with van der Waals surface area (Å²) in [5.41, 5.74) is 0.308. The molecule has 94 valence electrons. The van der Waals surface area contributed by atoms with Gasteiger partial charge in [-0.1, -0.05) is 18.2 Å². The highest BCUT2D eigenvalue weighted by Crippen LogP contribution is 2.35. The quantitative estimate of drug-likeness (QED) is 0.832. The van der Waals surface area contributed by atoms with Crippen LogP contribution in [0.25, 0.3) is 10.8 Å². The zero-order valence-electron chi connectivity index (χ0n) is 10.6. The Balaban J connectivity index is 2.13. The maximum Gasteiger partial charge on any atom is 0.103 e. The van der Waals surface area contributed by atoms with Crippen molar-refractivity contribution < 1.29 is 5.11 Å². The molecular weight excluding hydrogens is 224 g/mol. The molecule has 1 aliphatic heterocycles. The van der Waals surface area contributed by atoms with Crippen molar-refractivity contribution in [3.63, 3.8) is 0 Å². The Morgan fingerprint density at radius 2 is 2.22 bits per heavy atom. The maximum absolute atomic E-state index is 10.9. The summed E-state index contributed by atoms with van der Waals surface area (Å²) in [6.45, 7) is 1.77. The highest BCUT2D eigenvalue weighted by Gasteiger charge is 2.34. The lowest BCUT2D eigenvalue weighted by molar-refractivity contribution is -0.0265. The molecule has 3 rings (SSSR count). The van der Waals surface area contributed by atoms with Gasteiger partial charge in [-0.25, -0.2) is 0 Å². The molecule has 0 aliphatic carbocycles. The monoisotopic (exact) mass is 242 g/mol. The van der Waals surface area contributed by atoms with E-state index in [1.165, 1.54) is 0 Å². The Kier molecular flexibility index (Phi) is 2.80. The van der Waals surface area contributed by atoms with Gasteiger partial charge in [0.2, 0.25) is 0 Å². The Morgan fingerprint density at radius 3 is 3.06 bits per heavy atom. The second-order valence-electron chi connectivity index (χ2n) is 5.28. The summed E-state index contributed by atoms with van der Waals surface area (Å²) < 4.78 is 0. The highest BCUT2D eigenvalue weighted by atomic mass is 16.3. The van der Waals surface area contributed by atoms with E-state index in [4.69, 9.17) is 0 Å². The number of nitrogens with zero attached hydrogens (tertiary/aromatic N) is 2. The van der Waals surface area contributed by atoms with Crippen molar-refractivity contribution in [3.8, 4) is 0 Å². The summed E-state index contributed by atoms with van der Waals surface area (Å²) in [4.78, 5) is 6.34. The number of pyridine rings is 1. The van der Waals surface area contributed by atoms with Gasteiger partial charge < -0.3 is 10.0 Å². The van der Waals surface area contributed by atoms with E-state index >= 15 is 0 Å². The maximum atomic E-state index is 10.9. The number of aliphatic hydroxyl groups is 1.